The molecular formula is C31H34N3NaO10S2. The van der Waals surface area contributed by atoms with Crippen LogP contribution in [0.3, 0.4) is 0 Å². The van der Waals surface area contributed by atoms with Crippen LogP contribution in [0, 0.1) is 0 Å². The van der Waals surface area contributed by atoms with Gasteiger partial charge in [-0.2, -0.15) is 0 Å². The van der Waals surface area contributed by atoms with Crippen LogP contribution in [0.25, 0.3) is 33.4 Å². The van der Waals surface area contributed by atoms with Crippen LogP contribution in [0.1, 0.15) is 36.0 Å². The first kappa shape index (κ1) is 38.1. The van der Waals surface area contributed by atoms with Crippen LogP contribution in [0.5, 0.6) is 0 Å². The van der Waals surface area contributed by atoms with E-state index in [0.29, 0.717) is 56.4 Å². The Labute approximate surface area is 294 Å². The zero-order valence-corrected chi connectivity index (χ0v) is 29.7. The van der Waals surface area contributed by atoms with Crippen molar-refractivity contribution in [2.75, 3.05) is 43.5 Å². The van der Waals surface area contributed by atoms with Gasteiger partial charge in [-0.1, -0.05) is 18.2 Å². The minimum atomic E-state index is -4.34. The van der Waals surface area contributed by atoms with Gasteiger partial charge in [-0.25, -0.2) is 21.8 Å². The molecule has 0 bridgehead atoms. The summed E-state index contributed by atoms with van der Waals surface area (Å²) in [5, 5.41) is 13.4. The molecular weight excluding hydrogens is 661 g/mol. The molecule has 0 radical (unpaired) electrons. The number of amides is 1. The Balaban J connectivity index is 0.00000600. The molecule has 2 aromatic carbocycles. The molecule has 2 aliphatic rings. The summed E-state index contributed by atoms with van der Waals surface area (Å²) in [5.74, 6) is -1.80. The van der Waals surface area contributed by atoms with Crippen LogP contribution in [-0.2, 0) is 25.0 Å². The summed E-state index contributed by atoms with van der Waals surface area (Å²) < 4.78 is 72.1. The number of carbonyl (C=O) groups is 2. The number of nitrogens with zero attached hydrogens (tertiary/aromatic N) is 1. The number of carboxylic acid groups (broad SMARTS) is 1. The van der Waals surface area contributed by atoms with E-state index >= 15 is 0 Å². The third-order valence-corrected chi connectivity index (χ3v) is 8.76. The summed E-state index contributed by atoms with van der Waals surface area (Å²) in [4.78, 5) is 29.2. The molecule has 4 rings (SSSR count). The predicted molar refractivity (Wildman–Crippen MR) is 168 cm³/mol. The zero-order chi connectivity index (χ0) is 33.5. The van der Waals surface area contributed by atoms with E-state index < -0.39 is 37.7 Å². The van der Waals surface area contributed by atoms with Gasteiger partial charge in [0.1, 0.15) is 17.9 Å². The van der Waals surface area contributed by atoms with Crippen molar-refractivity contribution in [3.63, 3.8) is 0 Å². The van der Waals surface area contributed by atoms with Gasteiger partial charge in [-0.3, -0.25) is 9.59 Å². The normalized spacial score (nSPS) is 12.2. The van der Waals surface area contributed by atoms with E-state index in [4.69, 9.17) is 9.52 Å². The summed E-state index contributed by atoms with van der Waals surface area (Å²) in [5.41, 5.74) is 3.45. The van der Waals surface area contributed by atoms with Crippen LogP contribution in [0.15, 0.2) is 65.1 Å². The molecule has 0 spiro atoms. The van der Waals surface area contributed by atoms with Gasteiger partial charge in [0.05, 0.1) is 26.3 Å². The molecule has 2 aromatic rings. The minimum Gasteiger partial charge on any atom is -0.748 e. The van der Waals surface area contributed by atoms with Crippen LogP contribution < -0.4 is 45.2 Å². The summed E-state index contributed by atoms with van der Waals surface area (Å²) in [6.07, 6.45) is 0.452. The summed E-state index contributed by atoms with van der Waals surface area (Å²) >= 11 is 0. The maximum atomic E-state index is 13.6. The van der Waals surface area contributed by atoms with Crippen molar-refractivity contribution in [2.24, 2.45) is 0 Å². The molecule has 16 heteroatoms. The molecule has 0 aromatic heterocycles. The van der Waals surface area contributed by atoms with Crippen LogP contribution in [0.2, 0.25) is 0 Å². The van der Waals surface area contributed by atoms with E-state index in [0.717, 1.165) is 0 Å². The Hall–Kier alpha value is -3.31. The van der Waals surface area contributed by atoms with E-state index in [1.807, 2.05) is 18.2 Å². The van der Waals surface area contributed by atoms with Crippen molar-refractivity contribution in [1.82, 2.24) is 4.90 Å². The third kappa shape index (κ3) is 11.1. The SMILES string of the molecule is CN(CCCC(=O)O)C(=O)c1ccccc1-c1c2ccc(=[NH+]CCCS(=O)(=O)[O-])cc-2oc2cc(NCCCS(=O)(=O)[O-])ccc12.[Na+]. The topological polar surface area (TPSA) is 211 Å². The Morgan fingerprint density at radius 2 is 1.62 bits per heavy atom. The summed E-state index contributed by atoms with van der Waals surface area (Å²) in [6, 6.07) is 17.7. The van der Waals surface area contributed by atoms with Gasteiger partial charge < -0.3 is 28.8 Å². The molecule has 0 atom stereocenters. The summed E-state index contributed by atoms with van der Waals surface area (Å²) in [6.45, 7) is 0.703. The Kier molecular flexibility index (Phi) is 13.5. The predicted octanol–water partition coefficient (Wildman–Crippen LogP) is -1.59. The van der Waals surface area contributed by atoms with E-state index in [-0.39, 0.29) is 74.4 Å². The number of fused-ring (bicyclic) bond motifs is 2. The van der Waals surface area contributed by atoms with Gasteiger partial charge >= 0.3 is 35.5 Å². The quantitative estimate of drug-likeness (QED) is 0.0559. The average molecular weight is 696 g/mol. The smallest absolute Gasteiger partial charge is 0.748 e. The minimum absolute atomic E-state index is 0. The Morgan fingerprint density at radius 1 is 0.915 bits per heavy atom. The monoisotopic (exact) mass is 695 g/mol. The zero-order valence-electron chi connectivity index (χ0n) is 26.0. The molecule has 1 heterocycles. The van der Waals surface area contributed by atoms with Crippen molar-refractivity contribution in [1.29, 1.82) is 0 Å². The first-order valence-electron chi connectivity index (χ1n) is 14.5. The molecule has 0 saturated carbocycles. The number of carbonyl (C=O) groups excluding carboxylic acids is 1. The van der Waals surface area contributed by atoms with Crippen molar-refractivity contribution in [2.45, 2.75) is 25.7 Å². The van der Waals surface area contributed by atoms with Gasteiger partial charge in [0.25, 0.3) is 5.91 Å². The van der Waals surface area contributed by atoms with Gasteiger partial charge in [0, 0.05) is 84.4 Å². The molecule has 1 amide bonds. The molecule has 0 unspecified atom stereocenters. The van der Waals surface area contributed by atoms with E-state index in [1.165, 1.54) is 4.90 Å². The van der Waals surface area contributed by atoms with Gasteiger partial charge in [-0.05, 0) is 42.7 Å². The molecule has 1 aliphatic carbocycles. The fraction of sp³-hybridized carbons (Fsp3) is 0.323. The van der Waals surface area contributed by atoms with Crippen LogP contribution >= 0.6 is 0 Å². The van der Waals surface area contributed by atoms with Crippen molar-refractivity contribution in [3.8, 4) is 22.5 Å². The van der Waals surface area contributed by atoms with E-state index in [2.05, 4.69) is 10.3 Å². The fourth-order valence-electron chi connectivity index (χ4n) is 5.03. The second kappa shape index (κ2) is 16.7. The van der Waals surface area contributed by atoms with Crippen LogP contribution in [0.4, 0.5) is 5.69 Å². The maximum absolute atomic E-state index is 13.6. The number of nitrogens with one attached hydrogen (secondary N) is 2. The fourth-order valence-corrected chi connectivity index (χ4v) is 6.02. The van der Waals surface area contributed by atoms with Crippen molar-refractivity contribution in [3.05, 3.63) is 71.6 Å². The van der Waals surface area contributed by atoms with Crippen molar-refractivity contribution < 1.29 is 79.6 Å². The first-order valence-corrected chi connectivity index (χ1v) is 17.6. The number of carboxylic acids is 1. The Morgan fingerprint density at radius 3 is 2.32 bits per heavy atom. The molecule has 246 valence electrons. The number of hydrogen-bond donors (Lipinski definition) is 3. The molecule has 0 saturated heterocycles. The maximum Gasteiger partial charge on any atom is 1.00 e. The number of anilines is 1. The largest absolute Gasteiger partial charge is 1.00 e. The number of benzene rings is 3. The van der Waals surface area contributed by atoms with Crippen molar-refractivity contribution >= 4 is 48.8 Å². The molecule has 0 fully saturated rings. The third-order valence-electron chi connectivity index (χ3n) is 7.18. The standard InChI is InChI=1S/C31H35N3O10S2.Na/c1-34(16-4-9-29(35)36)31(37)24-8-3-2-7-23(24)30-25-12-10-21(32-14-5-17-45(38,39)40)19-27(25)44-28-20-22(11-13-26(28)30)33-15-6-18-46(41,42)43;/h2-3,7-8,10-13,19-20,32H,4-6,9,14-18H2,1H3,(H,35,36)(H,38,39,40)(H,41,42,43);/q;+1/p-1. The Bertz CT molecular complexity index is 2000. The number of rotatable bonds is 15. The molecule has 13 nitrogen and oxygen atoms in total. The molecule has 1 aliphatic heterocycles. The van der Waals surface area contributed by atoms with Gasteiger partial charge in [0.2, 0.25) is 5.36 Å². The van der Waals surface area contributed by atoms with Crippen LogP contribution in [-0.4, -0.2) is 86.0 Å². The second-order valence-corrected chi connectivity index (χ2v) is 13.8. The molecule has 47 heavy (non-hydrogen) atoms. The number of hydrogen-bond acceptors (Lipinski definition) is 10. The van der Waals surface area contributed by atoms with E-state index in [9.17, 15) is 35.5 Å². The number of aliphatic carboxylic acids is 1. The van der Waals surface area contributed by atoms with E-state index in [1.54, 1.807) is 49.5 Å². The second-order valence-electron chi connectivity index (χ2n) is 10.8. The summed E-state index contributed by atoms with van der Waals surface area (Å²) in [7, 11) is -7.06. The molecule has 3 N–H and O–H groups in total. The van der Waals surface area contributed by atoms with Gasteiger partial charge in [-0.15, -0.1) is 0 Å². The average Bonchev–Trinajstić information content (AvgIpc) is 2.98. The first-order chi connectivity index (χ1) is 21.7. The van der Waals surface area contributed by atoms with Gasteiger partial charge in [0.15, 0.2) is 0 Å².